The zero-order valence-corrected chi connectivity index (χ0v) is 14.7. The van der Waals surface area contributed by atoms with Crippen LogP contribution in [0.15, 0.2) is 0 Å². The minimum Gasteiger partial charge on any atom is -0.229 e. The van der Waals surface area contributed by atoms with Gasteiger partial charge in [-0.2, -0.15) is 57.1 Å². The Morgan fingerprint density at radius 3 is 1.70 bits per heavy atom. The lowest BCUT2D eigenvalue weighted by Gasteiger charge is -2.39. The van der Waals surface area contributed by atoms with Gasteiger partial charge in [-0.25, -0.2) is 4.68 Å². The van der Waals surface area contributed by atoms with Crippen LogP contribution in [-0.2, 0) is 13.0 Å². The van der Waals surface area contributed by atoms with Gasteiger partial charge in [0.15, 0.2) is 5.82 Å². The summed E-state index contributed by atoms with van der Waals surface area (Å²) in [7, 11) is 0. The highest BCUT2D eigenvalue weighted by Gasteiger charge is 2.90. The number of aromatic nitrogens is 4. The second kappa shape index (κ2) is 8.01. The third-order valence-electron chi connectivity index (χ3n) is 4.00. The molecule has 17 heteroatoms. The lowest BCUT2D eigenvalue weighted by atomic mass is 9.92. The highest BCUT2D eigenvalue weighted by molar-refractivity contribution is 5.10. The van der Waals surface area contributed by atoms with Gasteiger partial charge in [0.1, 0.15) is 0 Å². The number of tetrazole rings is 1. The molecule has 1 aromatic heterocycles. The van der Waals surface area contributed by atoms with E-state index in [2.05, 4.69) is 15.5 Å². The van der Waals surface area contributed by atoms with Crippen molar-refractivity contribution in [2.45, 2.75) is 74.9 Å². The van der Waals surface area contributed by atoms with Crippen molar-refractivity contribution in [1.82, 2.24) is 20.2 Å². The van der Waals surface area contributed by atoms with Gasteiger partial charge in [0.2, 0.25) is 0 Å². The minimum absolute atomic E-state index is 0.0392. The van der Waals surface area contributed by atoms with Gasteiger partial charge in [-0.1, -0.05) is 13.3 Å². The van der Waals surface area contributed by atoms with Gasteiger partial charge in [-0.15, -0.1) is 5.10 Å². The van der Waals surface area contributed by atoms with Crippen LogP contribution in [0.5, 0.6) is 0 Å². The molecule has 30 heavy (non-hydrogen) atoms. The van der Waals surface area contributed by atoms with Crippen LogP contribution in [0.2, 0.25) is 0 Å². The van der Waals surface area contributed by atoms with E-state index >= 15 is 0 Å². The summed E-state index contributed by atoms with van der Waals surface area (Å²) in [6.07, 6.45) is -8.81. The van der Waals surface area contributed by atoms with Crippen LogP contribution in [0.25, 0.3) is 0 Å². The number of hydrogen-bond acceptors (Lipinski definition) is 3. The summed E-state index contributed by atoms with van der Waals surface area (Å²) < 4.78 is 170. The smallest absolute Gasteiger partial charge is 0.229 e. The quantitative estimate of drug-likeness (QED) is 0.443. The number of hydrogen-bond donors (Lipinski definition) is 0. The second-order valence-corrected chi connectivity index (χ2v) is 6.17. The zero-order valence-electron chi connectivity index (χ0n) is 14.7. The highest BCUT2D eigenvalue weighted by Crippen LogP contribution is 2.60. The summed E-state index contributed by atoms with van der Waals surface area (Å²) in [5.74, 6) is -37.0. The van der Waals surface area contributed by atoms with Gasteiger partial charge in [0.05, 0.1) is 6.54 Å². The number of unbranched alkanes of at least 4 members (excludes halogenated alkanes) is 1. The van der Waals surface area contributed by atoms with Gasteiger partial charge < -0.3 is 0 Å². The van der Waals surface area contributed by atoms with Crippen LogP contribution < -0.4 is 0 Å². The SMILES string of the molecule is CCCCc1nnnn1CCC(F)(F)C(F)(F)C(F)(F)C(F)(F)C(F)(F)C(F)(F)F. The molecule has 0 saturated heterocycles. The van der Waals surface area contributed by atoms with Gasteiger partial charge in [0.25, 0.3) is 0 Å². The fraction of sp³-hybridized carbons (Fsp3) is 0.923. The summed E-state index contributed by atoms with van der Waals surface area (Å²) in [6, 6.07) is 0. The molecule has 176 valence electrons. The molecule has 0 unspecified atom stereocenters. The molecule has 0 fully saturated rings. The normalized spacial score (nSPS) is 15.0. The first kappa shape index (κ1) is 26.2. The van der Waals surface area contributed by atoms with E-state index in [4.69, 9.17) is 0 Å². The Kier molecular flexibility index (Phi) is 7.00. The molecule has 0 amide bonds. The Hall–Kier alpha value is -1.84. The van der Waals surface area contributed by atoms with Crippen LogP contribution in [0.3, 0.4) is 0 Å². The van der Waals surface area contributed by atoms with Crippen LogP contribution >= 0.6 is 0 Å². The number of aryl methyl sites for hydroxylation is 2. The van der Waals surface area contributed by atoms with E-state index < -0.39 is 48.8 Å². The van der Waals surface area contributed by atoms with Crippen LogP contribution in [0, 0.1) is 0 Å². The molecule has 0 aliphatic rings. The first-order valence-electron chi connectivity index (χ1n) is 7.98. The van der Waals surface area contributed by atoms with E-state index in [1.54, 1.807) is 6.92 Å². The maximum Gasteiger partial charge on any atom is 0.460 e. The Morgan fingerprint density at radius 1 is 0.733 bits per heavy atom. The molecule has 0 atom stereocenters. The molecule has 0 saturated carbocycles. The fourth-order valence-corrected chi connectivity index (χ4v) is 2.12. The van der Waals surface area contributed by atoms with Gasteiger partial charge in [-0.3, -0.25) is 0 Å². The molecule has 1 rings (SSSR count). The highest BCUT2D eigenvalue weighted by atomic mass is 19.4. The van der Waals surface area contributed by atoms with Crippen LogP contribution in [0.1, 0.15) is 32.0 Å². The van der Waals surface area contributed by atoms with Crippen molar-refractivity contribution < 1.29 is 57.1 Å². The average Bonchev–Trinajstić information content (AvgIpc) is 3.03. The average molecular weight is 472 g/mol. The molecule has 1 heterocycles. The molecule has 1 aromatic rings. The summed E-state index contributed by atoms with van der Waals surface area (Å²) in [6.45, 7) is 0.355. The van der Waals surface area contributed by atoms with Crippen LogP contribution in [-0.4, -0.2) is 56.0 Å². The Bertz CT molecular complexity index is 710. The van der Waals surface area contributed by atoms with Crippen molar-refractivity contribution >= 4 is 0 Å². The lowest BCUT2D eigenvalue weighted by Crippen LogP contribution is -2.70. The first-order valence-corrected chi connectivity index (χ1v) is 7.98. The molecule has 0 bridgehead atoms. The predicted octanol–water partition coefficient (Wildman–Crippen LogP) is 5.14. The summed E-state index contributed by atoms with van der Waals surface area (Å²) in [5.41, 5.74) is 0. The van der Waals surface area contributed by atoms with E-state index in [0.29, 0.717) is 17.5 Å². The van der Waals surface area contributed by atoms with Gasteiger partial charge >= 0.3 is 35.8 Å². The van der Waals surface area contributed by atoms with E-state index in [1.807, 2.05) is 0 Å². The molecule has 0 aliphatic heterocycles. The standard InChI is InChI=1S/C13H13F13N4/c1-2-3-4-7-27-28-29-30(7)6-5-8(14,15)9(16,17)10(18,19)11(20,21)12(22,23)13(24,25)26/h2-6H2,1H3. The minimum atomic E-state index is -7.90. The zero-order chi connectivity index (χ0) is 23.8. The number of nitrogens with zero attached hydrogens (tertiary/aromatic N) is 4. The van der Waals surface area contributed by atoms with E-state index in [1.165, 1.54) is 0 Å². The van der Waals surface area contributed by atoms with E-state index in [0.717, 1.165) is 0 Å². The summed E-state index contributed by atoms with van der Waals surface area (Å²) in [4.78, 5) is 0. The molecular formula is C13H13F13N4. The predicted molar refractivity (Wildman–Crippen MR) is 71.8 cm³/mol. The maximum absolute atomic E-state index is 13.7. The van der Waals surface area contributed by atoms with Gasteiger partial charge in [0, 0.05) is 12.8 Å². The summed E-state index contributed by atoms with van der Waals surface area (Å²) >= 11 is 0. The molecule has 0 radical (unpaired) electrons. The number of alkyl halides is 13. The third-order valence-corrected chi connectivity index (χ3v) is 4.00. The lowest BCUT2D eigenvalue weighted by molar-refractivity contribution is -0.440. The second-order valence-electron chi connectivity index (χ2n) is 6.17. The maximum atomic E-state index is 13.7. The van der Waals surface area contributed by atoms with Crippen molar-refractivity contribution in [3.05, 3.63) is 5.82 Å². The van der Waals surface area contributed by atoms with Crippen molar-refractivity contribution in [3.8, 4) is 0 Å². The number of rotatable bonds is 10. The molecule has 0 aliphatic carbocycles. The topological polar surface area (TPSA) is 43.6 Å². The third kappa shape index (κ3) is 4.15. The Labute approximate surface area is 159 Å². The van der Waals surface area contributed by atoms with Crippen LogP contribution in [0.4, 0.5) is 57.1 Å². The van der Waals surface area contributed by atoms with Gasteiger partial charge in [-0.05, 0) is 16.8 Å². The molecule has 0 spiro atoms. The monoisotopic (exact) mass is 472 g/mol. The Balaban J connectivity index is 3.19. The van der Waals surface area contributed by atoms with Crippen molar-refractivity contribution in [3.63, 3.8) is 0 Å². The fourth-order valence-electron chi connectivity index (χ4n) is 2.12. The van der Waals surface area contributed by atoms with Crippen molar-refractivity contribution in [2.24, 2.45) is 0 Å². The first-order chi connectivity index (χ1) is 13.3. The summed E-state index contributed by atoms with van der Waals surface area (Å²) in [5, 5.41) is 9.47. The molecule has 0 aromatic carbocycles. The number of halogens is 13. The Morgan fingerprint density at radius 2 is 1.23 bits per heavy atom. The molecule has 4 nitrogen and oxygen atoms in total. The molecular weight excluding hydrogens is 459 g/mol. The van der Waals surface area contributed by atoms with Crippen molar-refractivity contribution in [2.75, 3.05) is 0 Å². The van der Waals surface area contributed by atoms with E-state index in [-0.39, 0.29) is 12.2 Å². The largest absolute Gasteiger partial charge is 0.460 e. The van der Waals surface area contributed by atoms with E-state index in [9.17, 15) is 57.1 Å². The van der Waals surface area contributed by atoms with Crippen molar-refractivity contribution in [1.29, 1.82) is 0 Å². The molecule has 0 N–H and O–H groups in total.